The second-order valence-corrected chi connectivity index (χ2v) is 3.88. The molecule has 1 aromatic rings. The van der Waals surface area contributed by atoms with Crippen molar-refractivity contribution < 1.29 is 4.74 Å². The summed E-state index contributed by atoms with van der Waals surface area (Å²) in [6.07, 6.45) is 0.517. The first-order valence-corrected chi connectivity index (χ1v) is 5.21. The van der Waals surface area contributed by atoms with Gasteiger partial charge in [0.2, 0.25) is 0 Å². The molecule has 0 aliphatic carbocycles. The van der Waals surface area contributed by atoms with Gasteiger partial charge >= 0.3 is 0 Å². The van der Waals surface area contributed by atoms with Crippen molar-refractivity contribution in [2.45, 2.75) is 24.5 Å². The van der Waals surface area contributed by atoms with E-state index < -0.39 is 11.2 Å². The molecule has 0 radical (unpaired) electrons. The van der Waals surface area contributed by atoms with Crippen molar-refractivity contribution in [3.05, 3.63) is 35.4 Å². The quantitative estimate of drug-likeness (QED) is 0.717. The van der Waals surface area contributed by atoms with Gasteiger partial charge < -0.3 is 4.74 Å². The van der Waals surface area contributed by atoms with E-state index in [1.165, 1.54) is 0 Å². The van der Waals surface area contributed by atoms with E-state index in [2.05, 4.69) is 0 Å². The maximum atomic E-state index is 9.05. The van der Waals surface area contributed by atoms with Gasteiger partial charge in [-0.2, -0.15) is 15.8 Å². The van der Waals surface area contributed by atoms with Crippen LogP contribution in [0.3, 0.4) is 0 Å². The Kier molecular flexibility index (Phi) is 2.36. The third-order valence-electron chi connectivity index (χ3n) is 3.13. The molecule has 17 heavy (non-hydrogen) atoms. The van der Waals surface area contributed by atoms with Crippen molar-refractivity contribution in [3.8, 4) is 18.2 Å². The number of hydrogen-bond donors (Lipinski definition) is 0. The van der Waals surface area contributed by atoms with E-state index in [0.29, 0.717) is 17.5 Å². The summed E-state index contributed by atoms with van der Waals surface area (Å²) in [7, 11) is 0. The normalized spacial score (nSPS) is 24.1. The number of benzene rings is 1. The summed E-state index contributed by atoms with van der Waals surface area (Å²) in [5, 5.41) is 26.9. The molecule has 0 spiro atoms. The highest BCUT2D eigenvalue weighted by atomic mass is 16.6. The van der Waals surface area contributed by atoms with Crippen LogP contribution < -0.4 is 0 Å². The standard InChI is InChI=1S/C13H9N3O/c1-2-13(12(8-15,9-16)17-13)11-5-3-4-10(6-11)7-14/h3-6H,2H2,1H3. The molecule has 2 rings (SSSR count). The maximum absolute atomic E-state index is 9.05. The molecule has 0 saturated carbocycles. The predicted octanol–water partition coefficient (Wildman–Crippen LogP) is 1.98. The van der Waals surface area contributed by atoms with E-state index in [1.54, 1.807) is 24.3 Å². The van der Waals surface area contributed by atoms with E-state index in [1.807, 2.05) is 25.1 Å². The number of epoxide rings is 1. The molecule has 1 fully saturated rings. The van der Waals surface area contributed by atoms with Crippen LogP contribution in [0.4, 0.5) is 0 Å². The third kappa shape index (κ3) is 1.31. The highest BCUT2D eigenvalue weighted by Gasteiger charge is 2.72. The lowest BCUT2D eigenvalue weighted by atomic mass is 9.85. The molecule has 0 aromatic heterocycles. The van der Waals surface area contributed by atoms with E-state index in [-0.39, 0.29) is 0 Å². The van der Waals surface area contributed by atoms with Crippen molar-refractivity contribution in [2.75, 3.05) is 0 Å². The molecule has 4 heteroatoms. The fraction of sp³-hybridized carbons (Fsp3) is 0.308. The zero-order chi connectivity index (χ0) is 12.5. The topological polar surface area (TPSA) is 83.9 Å². The minimum atomic E-state index is -1.41. The van der Waals surface area contributed by atoms with E-state index in [4.69, 9.17) is 20.5 Å². The monoisotopic (exact) mass is 223 g/mol. The summed E-state index contributed by atoms with van der Waals surface area (Å²) in [5.74, 6) is 0. The molecular weight excluding hydrogens is 214 g/mol. The van der Waals surface area contributed by atoms with Gasteiger partial charge in [0.1, 0.15) is 12.1 Å². The summed E-state index contributed by atoms with van der Waals surface area (Å²) < 4.78 is 5.39. The molecule has 1 unspecified atom stereocenters. The molecule has 0 amide bonds. The number of nitrogens with zero attached hydrogens (tertiary/aromatic N) is 3. The van der Waals surface area contributed by atoms with Crippen molar-refractivity contribution >= 4 is 0 Å². The Hall–Kier alpha value is -2.35. The van der Waals surface area contributed by atoms with Crippen molar-refractivity contribution in [2.24, 2.45) is 0 Å². The molecule has 4 nitrogen and oxygen atoms in total. The van der Waals surface area contributed by atoms with Gasteiger partial charge in [0.25, 0.3) is 5.60 Å². The molecule has 1 aromatic carbocycles. The van der Waals surface area contributed by atoms with Crippen LogP contribution in [0.15, 0.2) is 24.3 Å². The zero-order valence-corrected chi connectivity index (χ0v) is 9.27. The van der Waals surface area contributed by atoms with Crippen LogP contribution in [0.25, 0.3) is 0 Å². The molecule has 1 aliphatic heterocycles. The summed E-state index contributed by atoms with van der Waals surface area (Å²) in [5.41, 5.74) is -1.09. The van der Waals surface area contributed by atoms with Crippen molar-refractivity contribution in [1.82, 2.24) is 0 Å². The second kappa shape index (κ2) is 3.59. The van der Waals surface area contributed by atoms with Gasteiger partial charge in [-0.05, 0) is 24.1 Å². The highest BCUT2D eigenvalue weighted by Crippen LogP contribution is 2.57. The molecule has 82 valence electrons. The molecular formula is C13H9N3O. The van der Waals surface area contributed by atoms with Gasteiger partial charge in [-0.25, -0.2) is 0 Å². The number of hydrogen-bond acceptors (Lipinski definition) is 4. The number of nitriles is 3. The van der Waals surface area contributed by atoms with Crippen LogP contribution in [0.5, 0.6) is 0 Å². The highest BCUT2D eigenvalue weighted by molar-refractivity contribution is 5.48. The van der Waals surface area contributed by atoms with Crippen LogP contribution in [0.1, 0.15) is 24.5 Å². The Balaban J connectivity index is 2.51. The molecule has 0 N–H and O–H groups in total. The third-order valence-corrected chi connectivity index (χ3v) is 3.13. The van der Waals surface area contributed by atoms with Crippen LogP contribution in [-0.4, -0.2) is 5.60 Å². The molecule has 1 aliphatic rings. The molecule has 1 heterocycles. The Morgan fingerprint density at radius 2 is 1.94 bits per heavy atom. The average Bonchev–Trinajstić information content (AvgIpc) is 3.09. The van der Waals surface area contributed by atoms with E-state index in [9.17, 15) is 0 Å². The first-order valence-electron chi connectivity index (χ1n) is 5.21. The predicted molar refractivity (Wildman–Crippen MR) is 58.2 cm³/mol. The van der Waals surface area contributed by atoms with Gasteiger partial charge in [-0.15, -0.1) is 0 Å². The van der Waals surface area contributed by atoms with Crippen LogP contribution in [0, 0.1) is 34.0 Å². The summed E-state index contributed by atoms with van der Waals surface area (Å²) in [6, 6.07) is 12.7. The SMILES string of the molecule is CCC1(c2cccc(C#N)c2)OC1(C#N)C#N. The minimum Gasteiger partial charge on any atom is -0.329 e. The Morgan fingerprint density at radius 1 is 1.24 bits per heavy atom. The Morgan fingerprint density at radius 3 is 2.41 bits per heavy atom. The van der Waals surface area contributed by atoms with Crippen molar-refractivity contribution in [3.63, 3.8) is 0 Å². The van der Waals surface area contributed by atoms with Gasteiger partial charge in [0.15, 0.2) is 5.60 Å². The summed E-state index contributed by atoms with van der Waals surface area (Å²) in [6.45, 7) is 1.86. The number of rotatable bonds is 2. The first kappa shape index (κ1) is 11.1. The van der Waals surface area contributed by atoms with Gasteiger partial charge in [0.05, 0.1) is 11.6 Å². The second-order valence-electron chi connectivity index (χ2n) is 3.88. The fourth-order valence-electron chi connectivity index (χ4n) is 2.11. The van der Waals surface area contributed by atoms with Gasteiger partial charge in [0, 0.05) is 0 Å². The minimum absolute atomic E-state index is 0.496. The zero-order valence-electron chi connectivity index (χ0n) is 9.27. The van der Waals surface area contributed by atoms with Crippen LogP contribution in [-0.2, 0) is 10.3 Å². The Bertz CT molecular complexity index is 574. The maximum Gasteiger partial charge on any atom is 0.275 e. The molecule has 1 atom stereocenters. The van der Waals surface area contributed by atoms with Crippen LogP contribution in [0.2, 0.25) is 0 Å². The first-order chi connectivity index (χ1) is 8.18. The largest absolute Gasteiger partial charge is 0.329 e. The molecule has 1 saturated heterocycles. The summed E-state index contributed by atoms with van der Waals surface area (Å²) in [4.78, 5) is 0. The van der Waals surface area contributed by atoms with E-state index in [0.717, 1.165) is 0 Å². The average molecular weight is 223 g/mol. The lowest BCUT2D eigenvalue weighted by Crippen LogP contribution is -2.20. The van der Waals surface area contributed by atoms with E-state index >= 15 is 0 Å². The van der Waals surface area contributed by atoms with Gasteiger partial charge in [-0.1, -0.05) is 19.1 Å². The van der Waals surface area contributed by atoms with Crippen molar-refractivity contribution in [1.29, 1.82) is 15.8 Å². The lowest BCUT2D eigenvalue weighted by Gasteiger charge is -2.10. The van der Waals surface area contributed by atoms with Gasteiger partial charge in [-0.3, -0.25) is 0 Å². The molecule has 0 bridgehead atoms. The smallest absolute Gasteiger partial charge is 0.275 e. The Labute approximate surface area is 99.3 Å². The van der Waals surface area contributed by atoms with Crippen LogP contribution >= 0.6 is 0 Å². The number of ether oxygens (including phenoxy) is 1. The summed E-state index contributed by atoms with van der Waals surface area (Å²) >= 11 is 0. The lowest BCUT2D eigenvalue weighted by molar-refractivity contribution is 0.287. The fourth-order valence-corrected chi connectivity index (χ4v) is 2.11.